The predicted octanol–water partition coefficient (Wildman–Crippen LogP) is 4.55. The highest BCUT2D eigenvalue weighted by molar-refractivity contribution is 5.10. The normalized spacial score (nSPS) is 33.1. The lowest BCUT2D eigenvalue weighted by Crippen LogP contribution is -2.49. The second kappa shape index (κ2) is 6.27. The van der Waals surface area contributed by atoms with Crippen molar-refractivity contribution in [2.75, 3.05) is 0 Å². The largest absolute Gasteiger partial charge is 0.297 e. The molecule has 2 rings (SSSR count). The predicted molar refractivity (Wildman–Crippen MR) is 79.8 cm³/mol. The molecule has 0 heterocycles. The fourth-order valence-electron chi connectivity index (χ4n) is 3.77. The van der Waals surface area contributed by atoms with Crippen LogP contribution in [0.1, 0.15) is 84.5 Å². The molecule has 108 valence electrons. The molecule has 2 fully saturated rings. The summed E-state index contributed by atoms with van der Waals surface area (Å²) in [6.07, 6.45) is 13.7. The van der Waals surface area contributed by atoms with E-state index in [9.17, 15) is 5.26 Å². The van der Waals surface area contributed by atoms with Crippen molar-refractivity contribution in [3.05, 3.63) is 0 Å². The van der Waals surface area contributed by atoms with Gasteiger partial charge in [-0.3, -0.25) is 5.32 Å². The summed E-state index contributed by atoms with van der Waals surface area (Å²) in [6, 6.07) is 3.24. The quantitative estimate of drug-likeness (QED) is 0.741. The zero-order valence-corrected chi connectivity index (χ0v) is 12.8. The Morgan fingerprint density at radius 1 is 0.895 bits per heavy atom. The Morgan fingerprint density at radius 3 is 2.21 bits per heavy atom. The van der Waals surface area contributed by atoms with Crippen molar-refractivity contribution < 1.29 is 0 Å². The summed E-state index contributed by atoms with van der Waals surface area (Å²) >= 11 is 0. The Hall–Kier alpha value is -0.550. The highest BCUT2D eigenvalue weighted by Gasteiger charge is 2.37. The van der Waals surface area contributed by atoms with E-state index < -0.39 is 0 Å². The van der Waals surface area contributed by atoms with E-state index in [2.05, 4.69) is 25.2 Å². The van der Waals surface area contributed by atoms with Crippen molar-refractivity contribution in [1.82, 2.24) is 5.32 Å². The smallest absolute Gasteiger partial charge is 0.107 e. The number of nitriles is 1. The van der Waals surface area contributed by atoms with Gasteiger partial charge in [-0.05, 0) is 43.9 Å². The van der Waals surface area contributed by atoms with Gasteiger partial charge in [-0.25, -0.2) is 0 Å². The molecule has 0 radical (unpaired) electrons. The number of nitrogens with one attached hydrogen (secondary N) is 1. The van der Waals surface area contributed by atoms with Gasteiger partial charge in [0.25, 0.3) is 0 Å². The van der Waals surface area contributed by atoms with Crippen LogP contribution in [0, 0.1) is 16.7 Å². The number of hydrogen-bond donors (Lipinski definition) is 1. The van der Waals surface area contributed by atoms with Crippen LogP contribution in [0.2, 0.25) is 0 Å². The lowest BCUT2D eigenvalue weighted by Gasteiger charge is -2.32. The molecule has 2 nitrogen and oxygen atoms in total. The van der Waals surface area contributed by atoms with E-state index in [0.717, 1.165) is 12.8 Å². The minimum absolute atomic E-state index is 0.233. The average Bonchev–Trinajstić information content (AvgIpc) is 2.71. The van der Waals surface area contributed by atoms with Crippen molar-refractivity contribution in [2.24, 2.45) is 5.41 Å². The Balaban J connectivity index is 1.99. The first-order chi connectivity index (χ1) is 9.05. The van der Waals surface area contributed by atoms with E-state index in [4.69, 9.17) is 0 Å². The molecule has 0 aliphatic heterocycles. The molecule has 2 aliphatic carbocycles. The minimum atomic E-state index is -0.233. The highest BCUT2D eigenvalue weighted by atomic mass is 15.0. The zero-order chi connectivity index (χ0) is 13.8. The fourth-order valence-corrected chi connectivity index (χ4v) is 3.77. The summed E-state index contributed by atoms with van der Waals surface area (Å²) in [5, 5.41) is 13.5. The molecule has 1 unspecified atom stereocenters. The summed E-state index contributed by atoms with van der Waals surface area (Å²) in [7, 11) is 0. The van der Waals surface area contributed by atoms with Gasteiger partial charge in [-0.1, -0.05) is 46.0 Å². The van der Waals surface area contributed by atoms with Crippen LogP contribution in [0.25, 0.3) is 0 Å². The molecule has 0 saturated heterocycles. The molecule has 0 aromatic heterocycles. The van der Waals surface area contributed by atoms with Crippen molar-refractivity contribution in [2.45, 2.75) is 96.1 Å². The van der Waals surface area contributed by atoms with E-state index in [0.29, 0.717) is 11.5 Å². The molecule has 2 saturated carbocycles. The van der Waals surface area contributed by atoms with Crippen LogP contribution in [0.3, 0.4) is 0 Å². The first kappa shape index (κ1) is 14.9. The van der Waals surface area contributed by atoms with Crippen LogP contribution in [-0.4, -0.2) is 11.6 Å². The van der Waals surface area contributed by atoms with Crippen LogP contribution in [0.5, 0.6) is 0 Å². The fraction of sp³-hybridized carbons (Fsp3) is 0.941. The Morgan fingerprint density at radius 2 is 1.58 bits per heavy atom. The molecule has 0 aromatic rings. The van der Waals surface area contributed by atoms with Gasteiger partial charge in [0.15, 0.2) is 0 Å². The van der Waals surface area contributed by atoms with Gasteiger partial charge in [0.2, 0.25) is 0 Å². The van der Waals surface area contributed by atoms with Gasteiger partial charge in [0.05, 0.1) is 6.07 Å². The average molecular weight is 262 g/mol. The minimum Gasteiger partial charge on any atom is -0.297 e. The molecule has 1 atom stereocenters. The van der Waals surface area contributed by atoms with E-state index in [1.54, 1.807) is 0 Å². The molecule has 0 amide bonds. The molecule has 2 aliphatic rings. The van der Waals surface area contributed by atoms with Crippen LogP contribution in [-0.2, 0) is 0 Å². The lowest BCUT2D eigenvalue weighted by molar-refractivity contribution is 0.276. The van der Waals surface area contributed by atoms with E-state index >= 15 is 0 Å². The van der Waals surface area contributed by atoms with Gasteiger partial charge in [-0.15, -0.1) is 0 Å². The second-order valence-electron chi connectivity index (χ2n) is 7.54. The van der Waals surface area contributed by atoms with Crippen LogP contribution >= 0.6 is 0 Å². The first-order valence-corrected chi connectivity index (χ1v) is 8.24. The molecule has 19 heavy (non-hydrogen) atoms. The third-order valence-corrected chi connectivity index (χ3v) is 5.24. The maximum absolute atomic E-state index is 9.73. The van der Waals surface area contributed by atoms with Gasteiger partial charge < -0.3 is 0 Å². The maximum Gasteiger partial charge on any atom is 0.107 e. The van der Waals surface area contributed by atoms with Crippen LogP contribution < -0.4 is 5.32 Å². The highest BCUT2D eigenvalue weighted by Crippen LogP contribution is 2.38. The van der Waals surface area contributed by atoms with Gasteiger partial charge in [0, 0.05) is 6.04 Å². The molecule has 0 aromatic carbocycles. The maximum atomic E-state index is 9.73. The second-order valence-corrected chi connectivity index (χ2v) is 7.54. The van der Waals surface area contributed by atoms with Crippen molar-refractivity contribution in [1.29, 1.82) is 5.26 Å². The molecule has 0 bridgehead atoms. The molecular formula is C17H30N2. The van der Waals surface area contributed by atoms with Gasteiger partial charge >= 0.3 is 0 Å². The third kappa shape index (κ3) is 4.21. The van der Waals surface area contributed by atoms with Crippen LogP contribution in [0.15, 0.2) is 0 Å². The Bertz CT molecular complexity index is 321. The van der Waals surface area contributed by atoms with Crippen molar-refractivity contribution in [3.63, 3.8) is 0 Å². The number of nitrogens with zero attached hydrogens (tertiary/aromatic N) is 1. The summed E-state index contributed by atoms with van der Waals surface area (Å²) in [6.45, 7) is 4.71. The molecule has 2 heteroatoms. The van der Waals surface area contributed by atoms with Gasteiger partial charge in [-0.2, -0.15) is 5.26 Å². The Kier molecular flexibility index (Phi) is 4.90. The Labute approximate surface area is 119 Å². The van der Waals surface area contributed by atoms with E-state index in [-0.39, 0.29) is 5.54 Å². The summed E-state index contributed by atoms with van der Waals surface area (Å²) in [5.41, 5.74) is 0.187. The third-order valence-electron chi connectivity index (χ3n) is 5.24. The summed E-state index contributed by atoms with van der Waals surface area (Å²) in [4.78, 5) is 0. The van der Waals surface area contributed by atoms with Gasteiger partial charge in [0.1, 0.15) is 5.54 Å². The first-order valence-electron chi connectivity index (χ1n) is 8.24. The summed E-state index contributed by atoms with van der Waals surface area (Å²) < 4.78 is 0. The van der Waals surface area contributed by atoms with Crippen LogP contribution in [0.4, 0.5) is 0 Å². The molecular weight excluding hydrogens is 232 g/mol. The summed E-state index contributed by atoms with van der Waals surface area (Å²) in [5.74, 6) is 0. The molecule has 0 spiro atoms. The van der Waals surface area contributed by atoms with E-state index in [1.807, 2.05) is 0 Å². The monoisotopic (exact) mass is 262 g/mol. The van der Waals surface area contributed by atoms with Crippen molar-refractivity contribution >= 4 is 0 Å². The standard InChI is InChI=1S/C17H30N2/c1-16(2)10-7-11-17(14-18,13-12-16)19-15-8-5-3-4-6-9-15/h15,19H,3-13H2,1-2H3. The SMILES string of the molecule is CC1(C)CCCC(C#N)(NC2CCCCCC2)CC1. The van der Waals surface area contributed by atoms with E-state index in [1.165, 1.54) is 57.8 Å². The lowest BCUT2D eigenvalue weighted by atomic mass is 9.83. The van der Waals surface area contributed by atoms with Crippen molar-refractivity contribution in [3.8, 4) is 6.07 Å². The topological polar surface area (TPSA) is 35.8 Å². The molecule has 1 N–H and O–H groups in total. The number of rotatable bonds is 2. The number of hydrogen-bond acceptors (Lipinski definition) is 2. The zero-order valence-electron chi connectivity index (χ0n) is 12.8.